The molecule has 0 fully saturated rings. The highest BCUT2D eigenvalue weighted by Gasteiger charge is 2.22. The van der Waals surface area contributed by atoms with Gasteiger partial charge in [0.15, 0.2) is 0 Å². The minimum atomic E-state index is -0.215. The van der Waals surface area contributed by atoms with E-state index >= 15 is 0 Å². The number of methoxy groups -OCH3 is 10. The fraction of sp³-hybridized carbons (Fsp3) is 0.315. The lowest BCUT2D eigenvalue weighted by Gasteiger charge is -2.16. The molecule has 0 spiro atoms. The number of aryl methyl sites for hydroxylation is 7. The summed E-state index contributed by atoms with van der Waals surface area (Å²) in [6, 6.07) is 58.0. The number of hydrogen-bond acceptors (Lipinski definition) is 12. The van der Waals surface area contributed by atoms with Crippen molar-refractivity contribution in [2.24, 2.45) is 0 Å². The van der Waals surface area contributed by atoms with E-state index < -0.39 is 0 Å². The summed E-state index contributed by atoms with van der Waals surface area (Å²) in [6.45, 7) is 24.6. The number of carbonyl (C=O) groups excluding carboxylic acids is 2. The Balaban J connectivity index is 0.000000278. The smallest absolute Gasteiger partial charge is 0.131 e. The first-order chi connectivity index (χ1) is 63.5. The zero-order valence-electron chi connectivity index (χ0n) is 79.7. The van der Waals surface area contributed by atoms with Crippen molar-refractivity contribution in [2.45, 2.75) is 158 Å². The number of benzene rings is 12. The second kappa shape index (κ2) is 60.3. The van der Waals surface area contributed by atoms with Gasteiger partial charge >= 0.3 is 0 Å². The summed E-state index contributed by atoms with van der Waals surface area (Å²) in [4.78, 5) is 16.0. The van der Waals surface area contributed by atoms with Crippen molar-refractivity contribution in [3.63, 3.8) is 0 Å². The highest BCUT2D eigenvalue weighted by atomic mass is 31.0. The van der Waals surface area contributed by atoms with Crippen LogP contribution in [0.3, 0.4) is 0 Å². The third kappa shape index (κ3) is 33.0. The normalized spacial score (nSPS) is 10.7. The first-order valence-electron chi connectivity index (χ1n) is 42.6. The molecule has 0 saturated carbocycles. The molecule has 0 radical (unpaired) electrons. The third-order valence-corrected chi connectivity index (χ3v) is 24.4. The Morgan fingerprint density at radius 3 is 1.08 bits per heavy atom. The van der Waals surface area contributed by atoms with Crippen molar-refractivity contribution in [1.29, 1.82) is 0 Å². The second-order valence-corrected chi connectivity index (χ2v) is 33.9. The highest BCUT2D eigenvalue weighted by Crippen LogP contribution is 2.39. The van der Waals surface area contributed by atoms with Crippen molar-refractivity contribution in [3.8, 4) is 66.8 Å². The molecule has 0 aliphatic carbocycles. The summed E-state index contributed by atoms with van der Waals surface area (Å²) in [7, 11) is 32.3. The summed E-state index contributed by atoms with van der Waals surface area (Å²) >= 11 is 0. The quantitative estimate of drug-likeness (QED) is 0.0294. The number of hydrogen-bond donors (Lipinski definition) is 0. The zero-order valence-corrected chi connectivity index (χ0v) is 86.6. The lowest BCUT2D eigenvalue weighted by molar-refractivity contribution is -0.0987. The van der Waals surface area contributed by atoms with Crippen LogP contribution in [0, 0.1) is 90.3 Å². The molecule has 0 N–H and O–H groups in total. The predicted molar refractivity (Wildman–Crippen MR) is 551 cm³/mol. The number of ether oxygens (including phenoxy) is 10. The number of carbonyl (C=O) groups is 2. The molecule has 6 unspecified atom stereocenters. The molecule has 12 rings (SSSR count). The van der Waals surface area contributed by atoms with Crippen LogP contribution in [0.1, 0.15) is 134 Å². The maximum absolute atomic E-state index is 14.7. The van der Waals surface area contributed by atoms with Gasteiger partial charge in [-0.15, -0.1) is 55.4 Å². The van der Waals surface area contributed by atoms with Crippen LogP contribution in [0.5, 0.6) is 0 Å². The molecule has 0 bridgehead atoms. The van der Waals surface area contributed by atoms with Gasteiger partial charge in [0.2, 0.25) is 0 Å². The molecule has 24 heteroatoms. The molecule has 0 aromatic heterocycles. The molecule has 0 aliphatic rings. The Labute approximate surface area is 794 Å². The summed E-state index contributed by atoms with van der Waals surface area (Å²) in [5, 5.41) is 0. The van der Waals surface area contributed by atoms with Gasteiger partial charge in [0.05, 0.1) is 66.1 Å². The first-order valence-corrected chi connectivity index (χ1v) is 47.5. The van der Waals surface area contributed by atoms with Crippen LogP contribution in [-0.4, -0.2) is 84.7 Å². The molecule has 6 atom stereocenters. The van der Waals surface area contributed by atoms with E-state index in [1.54, 1.807) is 114 Å². The van der Waals surface area contributed by atoms with Gasteiger partial charge in [-0.25, -0.2) is 26.3 Å². The van der Waals surface area contributed by atoms with Crippen LogP contribution in [0.25, 0.3) is 66.8 Å². The Hall–Kier alpha value is -8.26. The monoisotopic (exact) mass is 1920 g/mol. The average Bonchev–Trinajstić information content (AvgIpc) is 0.799. The molecule has 0 amide bonds. The molecule has 0 heterocycles. The van der Waals surface area contributed by atoms with Gasteiger partial charge in [-0.1, -0.05) is 138 Å². The molecule has 0 aliphatic heterocycles. The average molecular weight is 1920 g/mol. The van der Waals surface area contributed by atoms with Crippen molar-refractivity contribution < 1.29 is 83.3 Å². The van der Waals surface area contributed by atoms with Crippen molar-refractivity contribution >= 4 is 69.0 Å². The van der Waals surface area contributed by atoms with Crippen molar-refractivity contribution in [2.75, 3.05) is 71.1 Å². The predicted octanol–water partition coefficient (Wildman–Crippen LogP) is 26.8. The summed E-state index contributed by atoms with van der Waals surface area (Å²) in [5.41, 5.74) is 34.2. The van der Waals surface area contributed by atoms with Crippen LogP contribution >= 0.6 is 55.4 Å². The van der Waals surface area contributed by atoms with Gasteiger partial charge in [0.1, 0.15) is 48.5 Å². The third-order valence-electron chi connectivity index (χ3n) is 21.7. The fourth-order valence-electron chi connectivity index (χ4n) is 15.2. The molecule has 12 nitrogen and oxygen atoms in total. The van der Waals surface area contributed by atoms with E-state index in [1.165, 1.54) is 11.1 Å². The molecule has 12 aromatic rings. The van der Waals surface area contributed by atoms with Crippen molar-refractivity contribution in [1.82, 2.24) is 0 Å². The fourth-order valence-corrected chi connectivity index (χ4v) is 17.4. The topological polar surface area (TPSA) is 126 Å². The van der Waals surface area contributed by atoms with Crippen LogP contribution in [-0.2, 0) is 160 Å². The second-order valence-electron chi connectivity index (χ2n) is 31.4. The van der Waals surface area contributed by atoms with Crippen molar-refractivity contribution in [3.05, 3.63) is 350 Å². The van der Waals surface area contributed by atoms with Gasteiger partial charge in [-0.05, 0) is 320 Å². The molecular formula is C108H132F6O12P6. The molecule has 12 aromatic carbocycles. The standard InChI is InChI=1S/4C18H22FO2P.2C17H20FOP.2CH2O/c1-12-16(9-20-2)7-15(8-18(12)19)13-4-5-14(11-22)17(6-13)10-21-3;1-12-4-5-14(8-15(12)9-20-2)18-16(10-21-3)6-13(11-22)7-17(18)19;1-12-4-5-16(14(6-12)9-20-2)18-15(10-21-3)7-13(11-22)8-17(18)19;1-12-4-5-16(13(6-12)9-20-2)17-8-18(19)15(11-22)7-14(17)10-21-3;1-11-4-5-15(14(6-11)9-19-3)13-7-12(2)16(10-20)17(18)8-13;1-11-4-5-15(13(6-11)9-19-3)16-7-12(2)14(10-20)8-17(16)18;2*1-2/h4*4-8H,9-11,22H2,1-3H3;2*4-8H,9-10,20H2,1-3H3;2*1H2. The largest absolute Gasteiger partial charge is 0.380 e. The summed E-state index contributed by atoms with van der Waals surface area (Å²) in [6.07, 6.45) is 4.29. The van der Waals surface area contributed by atoms with E-state index in [2.05, 4.69) is 85.8 Å². The van der Waals surface area contributed by atoms with E-state index in [4.69, 9.17) is 57.0 Å². The summed E-state index contributed by atoms with van der Waals surface area (Å²) < 4.78 is 139. The lowest BCUT2D eigenvalue weighted by Crippen LogP contribution is -2.01. The first kappa shape index (κ1) is 114. The Kier molecular flexibility index (Phi) is 52.2. The Bertz CT molecular complexity index is 5650. The summed E-state index contributed by atoms with van der Waals surface area (Å²) in [5.74, 6) is -1.12. The number of rotatable bonds is 32. The van der Waals surface area contributed by atoms with Crippen LogP contribution in [0.2, 0.25) is 0 Å². The highest BCUT2D eigenvalue weighted by molar-refractivity contribution is 7.16. The molecule has 132 heavy (non-hydrogen) atoms. The minimum absolute atomic E-state index is 0.140. The van der Waals surface area contributed by atoms with Gasteiger partial charge in [-0.3, -0.25) is 0 Å². The Morgan fingerprint density at radius 2 is 0.606 bits per heavy atom. The molecular weight excluding hydrogens is 1790 g/mol. The van der Waals surface area contributed by atoms with Gasteiger partial charge < -0.3 is 57.0 Å². The maximum Gasteiger partial charge on any atom is 0.131 e. The van der Waals surface area contributed by atoms with Gasteiger partial charge in [-0.2, -0.15) is 0 Å². The van der Waals surface area contributed by atoms with E-state index in [1.807, 2.05) is 177 Å². The van der Waals surface area contributed by atoms with Gasteiger partial charge in [0.25, 0.3) is 0 Å². The molecule has 708 valence electrons. The number of halogens is 6. The van der Waals surface area contributed by atoms with E-state index in [-0.39, 0.29) is 34.9 Å². The van der Waals surface area contributed by atoms with E-state index in [0.29, 0.717) is 112 Å². The van der Waals surface area contributed by atoms with E-state index in [9.17, 15) is 26.3 Å². The van der Waals surface area contributed by atoms with Crippen LogP contribution < -0.4 is 0 Å². The molecule has 0 saturated heterocycles. The van der Waals surface area contributed by atoms with Crippen LogP contribution in [0.4, 0.5) is 26.3 Å². The minimum Gasteiger partial charge on any atom is -0.380 e. The van der Waals surface area contributed by atoms with Gasteiger partial charge in [0, 0.05) is 87.8 Å². The Morgan fingerprint density at radius 1 is 0.220 bits per heavy atom. The van der Waals surface area contributed by atoms with E-state index in [0.717, 1.165) is 180 Å². The van der Waals surface area contributed by atoms with Crippen LogP contribution in [0.15, 0.2) is 182 Å². The maximum atomic E-state index is 14.7. The zero-order chi connectivity index (χ0) is 97.8. The lowest BCUT2D eigenvalue weighted by atomic mass is 9.93. The SMILES string of the molecule is C=O.C=O.COCc1cc(-c2c(F)cc(CP)cc2COC)ccc1C.COCc1cc(-c2cc(F)c(C)c(COC)c2)ccc1CP.COCc1cc(C)ccc1-c1c(F)cc(CP)cc1COC.COCc1cc(C)ccc1-c1cc(C)c(CP)c(F)c1.COCc1cc(C)ccc1-c1cc(C)c(CP)cc1F.COCc1cc(C)ccc1-c1cc(F)c(CP)cc1COC.